The van der Waals surface area contributed by atoms with Crippen LogP contribution in [-0.4, -0.2) is 26.2 Å². The number of pyridine rings is 1. The molecular weight excluding hydrogens is 304 g/mol. The summed E-state index contributed by atoms with van der Waals surface area (Å²) in [4.78, 5) is 16.8. The van der Waals surface area contributed by atoms with Crippen LogP contribution in [0.5, 0.6) is 5.75 Å². The van der Waals surface area contributed by atoms with Gasteiger partial charge >= 0.3 is 0 Å². The summed E-state index contributed by atoms with van der Waals surface area (Å²) >= 11 is 0. The molecule has 1 aliphatic rings. The minimum Gasteiger partial charge on any atom is -0.508 e. The summed E-state index contributed by atoms with van der Waals surface area (Å²) in [5.74, 6) is 0.856. The Morgan fingerprint density at radius 3 is 2.83 bits per heavy atom. The molecule has 0 spiro atoms. The van der Waals surface area contributed by atoms with Gasteiger partial charge in [0.25, 0.3) is 0 Å². The van der Waals surface area contributed by atoms with Crippen LogP contribution in [0.4, 0.5) is 5.82 Å². The Labute approximate surface area is 138 Å². The van der Waals surface area contributed by atoms with E-state index in [4.69, 9.17) is 0 Å². The van der Waals surface area contributed by atoms with Gasteiger partial charge < -0.3 is 10.4 Å². The van der Waals surface area contributed by atoms with Gasteiger partial charge in [-0.1, -0.05) is 25.0 Å². The van der Waals surface area contributed by atoms with Gasteiger partial charge in [0.05, 0.1) is 11.1 Å². The minimum absolute atomic E-state index is 0.0398. The zero-order valence-corrected chi connectivity index (χ0v) is 13.1. The highest BCUT2D eigenvalue weighted by molar-refractivity contribution is 6.00. The second kappa shape index (κ2) is 5.96. The van der Waals surface area contributed by atoms with E-state index in [2.05, 4.69) is 20.5 Å². The summed E-state index contributed by atoms with van der Waals surface area (Å²) in [6.45, 7) is 0. The number of aromatic nitrogens is 3. The van der Waals surface area contributed by atoms with Crippen LogP contribution < -0.4 is 5.32 Å². The molecule has 6 heteroatoms. The lowest BCUT2D eigenvalue weighted by molar-refractivity contribution is -0.119. The van der Waals surface area contributed by atoms with Crippen molar-refractivity contribution in [2.24, 2.45) is 5.92 Å². The summed E-state index contributed by atoms with van der Waals surface area (Å²) in [5.41, 5.74) is 2.16. The molecule has 1 amide bonds. The fourth-order valence-electron chi connectivity index (χ4n) is 3.23. The summed E-state index contributed by atoms with van der Waals surface area (Å²) in [6.07, 6.45) is 4.14. The van der Waals surface area contributed by atoms with E-state index < -0.39 is 0 Å². The van der Waals surface area contributed by atoms with Crippen LogP contribution in [-0.2, 0) is 4.79 Å². The van der Waals surface area contributed by atoms with E-state index in [0.717, 1.165) is 42.3 Å². The maximum absolute atomic E-state index is 12.3. The molecule has 0 unspecified atom stereocenters. The van der Waals surface area contributed by atoms with E-state index in [1.165, 1.54) is 0 Å². The lowest BCUT2D eigenvalue weighted by Crippen LogP contribution is -2.20. The van der Waals surface area contributed by atoms with Crippen molar-refractivity contribution in [3.8, 4) is 17.0 Å². The number of fused-ring (bicyclic) bond motifs is 1. The van der Waals surface area contributed by atoms with Gasteiger partial charge in [-0.05, 0) is 37.1 Å². The molecule has 1 fully saturated rings. The number of H-pyrrole nitrogens is 1. The predicted octanol–water partition coefficient (Wildman–Crippen LogP) is 3.46. The first-order valence-corrected chi connectivity index (χ1v) is 8.16. The van der Waals surface area contributed by atoms with Crippen molar-refractivity contribution in [1.29, 1.82) is 0 Å². The Bertz CT molecular complexity index is 897. The van der Waals surface area contributed by atoms with Crippen molar-refractivity contribution in [3.05, 3.63) is 36.4 Å². The molecule has 0 aliphatic heterocycles. The zero-order valence-electron chi connectivity index (χ0n) is 13.1. The van der Waals surface area contributed by atoms with Crippen molar-refractivity contribution >= 4 is 22.8 Å². The number of aromatic hydroxyl groups is 1. The largest absolute Gasteiger partial charge is 0.508 e. The monoisotopic (exact) mass is 322 g/mol. The van der Waals surface area contributed by atoms with E-state index in [1.54, 1.807) is 18.2 Å². The van der Waals surface area contributed by atoms with E-state index >= 15 is 0 Å². The maximum Gasteiger partial charge on any atom is 0.228 e. The molecule has 0 radical (unpaired) electrons. The molecule has 0 bridgehead atoms. The van der Waals surface area contributed by atoms with Gasteiger partial charge in [-0.2, -0.15) is 5.10 Å². The van der Waals surface area contributed by atoms with E-state index in [-0.39, 0.29) is 17.6 Å². The smallest absolute Gasteiger partial charge is 0.228 e. The van der Waals surface area contributed by atoms with Crippen molar-refractivity contribution in [2.45, 2.75) is 25.7 Å². The van der Waals surface area contributed by atoms with E-state index in [1.807, 2.05) is 18.2 Å². The molecule has 2 aromatic heterocycles. The number of phenols is 1. The molecule has 0 atom stereocenters. The van der Waals surface area contributed by atoms with Gasteiger partial charge in [0.15, 0.2) is 11.5 Å². The zero-order chi connectivity index (χ0) is 16.5. The van der Waals surface area contributed by atoms with Crippen LogP contribution in [0.3, 0.4) is 0 Å². The van der Waals surface area contributed by atoms with Gasteiger partial charge in [-0.3, -0.25) is 9.89 Å². The summed E-state index contributed by atoms with van der Waals surface area (Å²) in [5, 5.41) is 20.4. The number of hydrogen-bond acceptors (Lipinski definition) is 4. The number of carbonyl (C=O) groups excluding carboxylic acids is 1. The predicted molar refractivity (Wildman–Crippen MR) is 91.6 cm³/mol. The molecule has 1 aliphatic carbocycles. The van der Waals surface area contributed by atoms with E-state index in [9.17, 15) is 9.90 Å². The van der Waals surface area contributed by atoms with Gasteiger partial charge in [0, 0.05) is 11.5 Å². The normalized spacial score (nSPS) is 15.0. The highest BCUT2D eigenvalue weighted by atomic mass is 16.3. The molecule has 2 heterocycles. The van der Waals surface area contributed by atoms with Gasteiger partial charge in [-0.25, -0.2) is 4.98 Å². The number of anilines is 1. The second-order valence-electron chi connectivity index (χ2n) is 6.19. The molecule has 1 aromatic carbocycles. The highest BCUT2D eigenvalue weighted by Gasteiger charge is 2.23. The Hall–Kier alpha value is -2.89. The molecule has 3 N–H and O–H groups in total. The third-order valence-electron chi connectivity index (χ3n) is 4.53. The Kier molecular flexibility index (Phi) is 3.65. The Morgan fingerprint density at radius 1 is 1.21 bits per heavy atom. The first kappa shape index (κ1) is 14.7. The molecule has 4 rings (SSSR count). The molecule has 1 saturated carbocycles. The topological polar surface area (TPSA) is 90.9 Å². The number of aromatic amines is 1. The average Bonchev–Trinajstić information content (AvgIpc) is 3.25. The number of amides is 1. The molecule has 0 saturated heterocycles. The fourth-order valence-corrected chi connectivity index (χ4v) is 3.23. The van der Waals surface area contributed by atoms with Crippen molar-refractivity contribution < 1.29 is 9.90 Å². The number of benzene rings is 1. The molecular formula is C18H18N4O2. The van der Waals surface area contributed by atoms with Crippen LogP contribution >= 0.6 is 0 Å². The third kappa shape index (κ3) is 2.71. The Morgan fingerprint density at radius 2 is 2.04 bits per heavy atom. The summed E-state index contributed by atoms with van der Waals surface area (Å²) in [6, 6.07) is 10.7. The molecule has 6 nitrogen and oxygen atoms in total. The van der Waals surface area contributed by atoms with Crippen molar-refractivity contribution in [1.82, 2.24) is 15.2 Å². The van der Waals surface area contributed by atoms with Crippen molar-refractivity contribution in [3.63, 3.8) is 0 Å². The number of rotatable bonds is 3. The quantitative estimate of drug-likeness (QED) is 0.688. The minimum atomic E-state index is 0.0398. The van der Waals surface area contributed by atoms with Crippen LogP contribution in [0.25, 0.3) is 22.3 Å². The first-order valence-electron chi connectivity index (χ1n) is 8.16. The standard InChI is InChI=1S/C18H18N4O2/c23-13-7-3-6-12(10-13)15-9-8-14-16(19-15)21-22-17(14)20-18(24)11-4-1-2-5-11/h3,6-11,23H,1-2,4-5H2,(H2,19,20,21,22,24). The number of nitrogens with zero attached hydrogens (tertiary/aromatic N) is 2. The van der Waals surface area contributed by atoms with Gasteiger partial charge in [0.1, 0.15) is 5.75 Å². The number of carbonyl (C=O) groups is 1. The Balaban J connectivity index is 1.62. The lowest BCUT2D eigenvalue weighted by Gasteiger charge is -2.08. The van der Waals surface area contributed by atoms with Crippen LogP contribution in [0.15, 0.2) is 36.4 Å². The average molecular weight is 322 g/mol. The summed E-state index contributed by atoms with van der Waals surface area (Å²) in [7, 11) is 0. The van der Waals surface area contributed by atoms with Gasteiger partial charge in [0.2, 0.25) is 5.91 Å². The third-order valence-corrected chi connectivity index (χ3v) is 4.53. The summed E-state index contributed by atoms with van der Waals surface area (Å²) < 4.78 is 0. The van der Waals surface area contributed by atoms with Crippen molar-refractivity contribution in [2.75, 3.05) is 5.32 Å². The number of hydrogen-bond donors (Lipinski definition) is 3. The molecule has 122 valence electrons. The van der Waals surface area contributed by atoms with Crippen LogP contribution in [0.1, 0.15) is 25.7 Å². The SMILES string of the molecule is O=C(Nc1n[nH]c2nc(-c3cccc(O)c3)ccc12)C1CCCC1. The molecule has 3 aromatic rings. The number of nitrogens with one attached hydrogen (secondary N) is 2. The van der Waals surface area contributed by atoms with E-state index in [0.29, 0.717) is 11.5 Å². The maximum atomic E-state index is 12.3. The second-order valence-corrected chi connectivity index (χ2v) is 6.19. The highest BCUT2D eigenvalue weighted by Crippen LogP contribution is 2.28. The van der Waals surface area contributed by atoms with Gasteiger partial charge in [-0.15, -0.1) is 0 Å². The number of phenolic OH excluding ortho intramolecular Hbond substituents is 1. The lowest BCUT2D eigenvalue weighted by atomic mass is 10.1. The fraction of sp³-hybridized carbons (Fsp3) is 0.278. The first-order chi connectivity index (χ1) is 11.7. The molecule has 24 heavy (non-hydrogen) atoms. The van der Waals surface area contributed by atoms with Crippen LogP contribution in [0, 0.1) is 5.92 Å². The van der Waals surface area contributed by atoms with Crippen LogP contribution in [0.2, 0.25) is 0 Å².